The first-order valence-corrected chi connectivity index (χ1v) is 3.95. The molecule has 0 bridgehead atoms. The maximum atomic E-state index is 12.5. The first-order valence-electron chi connectivity index (χ1n) is 3.95. The number of alkyl halides is 2. The Balaban J connectivity index is 3.14. The minimum atomic E-state index is -2.66. The molecular weight excluding hydrogens is 192 g/mol. The summed E-state index contributed by atoms with van der Waals surface area (Å²) in [6.45, 7) is 1.49. The number of hydrogen-bond acceptors (Lipinski definition) is 2. The van der Waals surface area contributed by atoms with Gasteiger partial charge in [-0.25, -0.2) is 8.78 Å². The molecule has 0 amide bonds. The van der Waals surface area contributed by atoms with E-state index in [1.54, 1.807) is 0 Å². The highest BCUT2D eigenvalue weighted by Crippen LogP contribution is 2.25. The van der Waals surface area contributed by atoms with Crippen molar-refractivity contribution in [3.63, 3.8) is 0 Å². The minimum absolute atomic E-state index is 0.0764. The van der Waals surface area contributed by atoms with E-state index in [1.165, 1.54) is 19.3 Å². The van der Waals surface area contributed by atoms with E-state index in [1.807, 2.05) is 0 Å². The summed E-state index contributed by atoms with van der Waals surface area (Å²) in [5.41, 5.74) is 0.175. The molecule has 3 nitrogen and oxygen atoms in total. The van der Waals surface area contributed by atoms with Crippen LogP contribution < -0.4 is 0 Å². The van der Waals surface area contributed by atoms with Crippen LogP contribution in [0.5, 0.6) is 0 Å². The normalized spacial score (nSPS) is 10.6. The number of pyridine rings is 1. The van der Waals surface area contributed by atoms with Crippen molar-refractivity contribution in [1.29, 1.82) is 0 Å². The van der Waals surface area contributed by atoms with E-state index in [0.717, 1.165) is 0 Å². The standard InChI is InChI=1S/C9H9F2NO2/c1-5-3-12-4-6(2-7(13)14)8(5)9(10)11/h3-4,9H,2H2,1H3,(H,13,14). The lowest BCUT2D eigenvalue weighted by atomic mass is 10.0. The minimum Gasteiger partial charge on any atom is -0.481 e. The number of carboxylic acid groups (broad SMARTS) is 1. The zero-order chi connectivity index (χ0) is 10.7. The molecule has 0 aliphatic carbocycles. The number of hydrogen-bond donors (Lipinski definition) is 1. The number of nitrogens with zero attached hydrogens (tertiary/aromatic N) is 1. The fraction of sp³-hybridized carbons (Fsp3) is 0.333. The van der Waals surface area contributed by atoms with Crippen molar-refractivity contribution in [3.8, 4) is 0 Å². The number of carbonyl (C=O) groups is 1. The molecule has 5 heteroatoms. The second-order valence-electron chi connectivity index (χ2n) is 2.90. The van der Waals surface area contributed by atoms with Gasteiger partial charge in [0.1, 0.15) is 0 Å². The molecule has 0 aromatic carbocycles. The fourth-order valence-electron chi connectivity index (χ4n) is 1.25. The van der Waals surface area contributed by atoms with Crippen LogP contribution >= 0.6 is 0 Å². The third-order valence-electron chi connectivity index (χ3n) is 1.83. The molecule has 1 aromatic heterocycles. The Kier molecular flexibility index (Phi) is 3.11. The highest BCUT2D eigenvalue weighted by atomic mass is 19.3. The van der Waals surface area contributed by atoms with Crippen LogP contribution in [0.2, 0.25) is 0 Å². The Morgan fingerprint density at radius 1 is 1.57 bits per heavy atom. The van der Waals surface area contributed by atoms with E-state index in [4.69, 9.17) is 5.11 Å². The van der Waals surface area contributed by atoms with E-state index in [0.29, 0.717) is 5.56 Å². The molecule has 0 saturated carbocycles. The van der Waals surface area contributed by atoms with Crippen molar-refractivity contribution in [2.24, 2.45) is 0 Å². The van der Waals surface area contributed by atoms with Gasteiger partial charge in [-0.1, -0.05) is 0 Å². The smallest absolute Gasteiger partial charge is 0.307 e. The van der Waals surface area contributed by atoms with E-state index in [-0.39, 0.29) is 11.1 Å². The Morgan fingerprint density at radius 2 is 2.21 bits per heavy atom. The van der Waals surface area contributed by atoms with Crippen LogP contribution in [0.1, 0.15) is 23.1 Å². The molecule has 0 saturated heterocycles. The lowest BCUT2D eigenvalue weighted by molar-refractivity contribution is -0.136. The molecule has 1 heterocycles. The number of rotatable bonds is 3. The van der Waals surface area contributed by atoms with Crippen LogP contribution in [0.4, 0.5) is 8.78 Å². The Bertz CT molecular complexity index is 353. The van der Waals surface area contributed by atoms with Gasteiger partial charge in [-0.3, -0.25) is 9.78 Å². The van der Waals surface area contributed by atoms with Crippen LogP contribution in [0, 0.1) is 6.92 Å². The lowest BCUT2D eigenvalue weighted by Gasteiger charge is -2.08. The second-order valence-corrected chi connectivity index (χ2v) is 2.90. The average molecular weight is 201 g/mol. The summed E-state index contributed by atoms with van der Waals surface area (Å²) in [6, 6.07) is 0. The third kappa shape index (κ3) is 2.25. The van der Waals surface area contributed by atoms with E-state index in [2.05, 4.69) is 4.98 Å². The van der Waals surface area contributed by atoms with Crippen molar-refractivity contribution < 1.29 is 18.7 Å². The predicted molar refractivity (Wildman–Crippen MR) is 45.3 cm³/mol. The highest BCUT2D eigenvalue weighted by molar-refractivity contribution is 5.70. The van der Waals surface area contributed by atoms with Crippen LogP contribution in [-0.2, 0) is 11.2 Å². The quantitative estimate of drug-likeness (QED) is 0.813. The number of carboxylic acids is 1. The number of aliphatic carboxylic acids is 1. The summed E-state index contributed by atoms with van der Waals surface area (Å²) in [5.74, 6) is -1.14. The van der Waals surface area contributed by atoms with Gasteiger partial charge in [0.15, 0.2) is 0 Å². The molecule has 0 unspecified atom stereocenters. The monoisotopic (exact) mass is 201 g/mol. The van der Waals surface area contributed by atoms with E-state index in [9.17, 15) is 13.6 Å². The first kappa shape index (κ1) is 10.6. The molecular formula is C9H9F2NO2. The summed E-state index contributed by atoms with van der Waals surface area (Å²) < 4.78 is 25.0. The molecule has 0 aliphatic rings. The summed E-state index contributed by atoms with van der Waals surface area (Å²) >= 11 is 0. The Hall–Kier alpha value is -1.52. The van der Waals surface area contributed by atoms with Gasteiger partial charge in [-0.2, -0.15) is 0 Å². The summed E-state index contributed by atoms with van der Waals surface area (Å²) in [7, 11) is 0. The number of aromatic nitrogens is 1. The topological polar surface area (TPSA) is 50.2 Å². The molecule has 0 fully saturated rings. The van der Waals surface area contributed by atoms with Gasteiger partial charge in [-0.15, -0.1) is 0 Å². The first-order chi connectivity index (χ1) is 6.52. The van der Waals surface area contributed by atoms with Crippen molar-refractivity contribution in [1.82, 2.24) is 4.98 Å². The van der Waals surface area contributed by atoms with E-state index >= 15 is 0 Å². The van der Waals surface area contributed by atoms with Gasteiger partial charge in [0.25, 0.3) is 6.43 Å². The van der Waals surface area contributed by atoms with Gasteiger partial charge < -0.3 is 5.11 Å². The molecule has 0 atom stereocenters. The zero-order valence-electron chi connectivity index (χ0n) is 7.50. The molecule has 0 radical (unpaired) electrons. The molecule has 1 rings (SSSR count). The maximum absolute atomic E-state index is 12.5. The fourth-order valence-corrected chi connectivity index (χ4v) is 1.25. The van der Waals surface area contributed by atoms with Crippen LogP contribution in [0.3, 0.4) is 0 Å². The van der Waals surface area contributed by atoms with E-state index < -0.39 is 18.8 Å². The molecule has 0 aliphatic heterocycles. The maximum Gasteiger partial charge on any atom is 0.307 e. The molecule has 76 valence electrons. The van der Waals surface area contributed by atoms with Crippen LogP contribution in [-0.4, -0.2) is 16.1 Å². The lowest BCUT2D eigenvalue weighted by Crippen LogP contribution is -2.06. The second kappa shape index (κ2) is 4.13. The molecule has 1 aromatic rings. The van der Waals surface area contributed by atoms with Gasteiger partial charge in [0, 0.05) is 18.0 Å². The SMILES string of the molecule is Cc1cncc(CC(=O)O)c1C(F)F. The van der Waals surface area contributed by atoms with Gasteiger partial charge in [0.2, 0.25) is 0 Å². The molecule has 1 N–H and O–H groups in total. The van der Waals surface area contributed by atoms with Gasteiger partial charge in [0.05, 0.1) is 6.42 Å². The van der Waals surface area contributed by atoms with Gasteiger partial charge in [-0.05, 0) is 18.1 Å². The third-order valence-corrected chi connectivity index (χ3v) is 1.83. The number of aryl methyl sites for hydroxylation is 1. The summed E-state index contributed by atoms with van der Waals surface area (Å²) in [5, 5.41) is 8.49. The highest BCUT2D eigenvalue weighted by Gasteiger charge is 2.17. The average Bonchev–Trinajstić information content (AvgIpc) is 2.01. The largest absolute Gasteiger partial charge is 0.481 e. The van der Waals surface area contributed by atoms with Crippen LogP contribution in [0.25, 0.3) is 0 Å². The zero-order valence-corrected chi connectivity index (χ0v) is 7.50. The number of halogens is 2. The van der Waals surface area contributed by atoms with Crippen molar-refractivity contribution in [2.75, 3.05) is 0 Å². The summed E-state index contributed by atoms with van der Waals surface area (Å²) in [4.78, 5) is 14.1. The van der Waals surface area contributed by atoms with Gasteiger partial charge >= 0.3 is 5.97 Å². The van der Waals surface area contributed by atoms with Crippen molar-refractivity contribution >= 4 is 5.97 Å². The van der Waals surface area contributed by atoms with Crippen LogP contribution in [0.15, 0.2) is 12.4 Å². The predicted octanol–water partition coefficient (Wildman–Crippen LogP) is 1.95. The van der Waals surface area contributed by atoms with Crippen molar-refractivity contribution in [2.45, 2.75) is 19.8 Å². The summed E-state index contributed by atoms with van der Waals surface area (Å²) in [6.07, 6.45) is -0.614. The molecule has 14 heavy (non-hydrogen) atoms. The Morgan fingerprint density at radius 3 is 2.71 bits per heavy atom. The molecule has 0 spiro atoms. The van der Waals surface area contributed by atoms with Crippen molar-refractivity contribution in [3.05, 3.63) is 29.1 Å². The Labute approximate surface area is 79.4 Å².